The zero-order valence-electron chi connectivity index (χ0n) is 14.8. The van der Waals surface area contributed by atoms with E-state index in [0.717, 1.165) is 22.3 Å². The quantitative estimate of drug-likeness (QED) is 0.842. The summed E-state index contributed by atoms with van der Waals surface area (Å²) in [6, 6.07) is 3.28. The molecule has 0 saturated carbocycles. The summed E-state index contributed by atoms with van der Waals surface area (Å²) in [5.41, 5.74) is 9.39. The molecule has 24 heavy (non-hydrogen) atoms. The Hall–Kier alpha value is -2.41. The Labute approximate surface area is 146 Å². The molecule has 0 aliphatic heterocycles. The molecule has 0 aliphatic carbocycles. The summed E-state index contributed by atoms with van der Waals surface area (Å²) in [5.74, 6) is 0. The van der Waals surface area contributed by atoms with Crippen LogP contribution < -0.4 is 22.0 Å². The lowest BCUT2D eigenvalue weighted by Crippen LogP contribution is -2.47. The van der Waals surface area contributed by atoms with Gasteiger partial charge in [0, 0.05) is 31.4 Å². The van der Waals surface area contributed by atoms with Gasteiger partial charge in [0.05, 0.1) is 5.69 Å². The minimum Gasteiger partial charge on any atom is -0.389 e. The summed E-state index contributed by atoms with van der Waals surface area (Å²) in [4.78, 5) is 25.8. The average Bonchev–Trinajstić information content (AvgIpc) is 2.45. The van der Waals surface area contributed by atoms with Crippen LogP contribution in [0.3, 0.4) is 0 Å². The molecule has 6 nitrogen and oxygen atoms in total. The van der Waals surface area contributed by atoms with Crippen molar-refractivity contribution in [2.45, 2.75) is 27.7 Å². The fraction of sp³-hybridized carbons (Fsp3) is 0.353. The predicted molar refractivity (Wildman–Crippen MR) is 101 cm³/mol. The van der Waals surface area contributed by atoms with Crippen molar-refractivity contribution in [2.75, 3.05) is 19.1 Å². The van der Waals surface area contributed by atoms with E-state index >= 15 is 0 Å². The molecule has 0 bridgehead atoms. The highest BCUT2D eigenvalue weighted by atomic mass is 32.1. The van der Waals surface area contributed by atoms with Gasteiger partial charge in [0.2, 0.25) is 0 Å². The van der Waals surface area contributed by atoms with E-state index in [-0.39, 0.29) is 5.56 Å². The number of hydrogen-bond donors (Lipinski definition) is 1. The highest BCUT2D eigenvalue weighted by Gasteiger charge is 2.18. The lowest BCUT2D eigenvalue weighted by Gasteiger charge is -2.22. The standard InChI is InChI=1S/C17H22N4O2S/c1-9-7-13(16(18)24)11(3)12(4)15(9)20-14(22)8-10(2)21(17(20)23)19(5)6/h7-8H,1-6H3,(H2,18,24). The van der Waals surface area contributed by atoms with Crippen LogP contribution >= 0.6 is 12.2 Å². The molecule has 1 aromatic carbocycles. The number of thiocarbonyl (C=S) groups is 1. The molecule has 1 aromatic heterocycles. The highest BCUT2D eigenvalue weighted by Crippen LogP contribution is 2.24. The molecular formula is C17H22N4O2S. The van der Waals surface area contributed by atoms with Gasteiger partial charge in [0.15, 0.2) is 0 Å². The predicted octanol–water partition coefficient (Wildman–Crippen LogP) is 1.06. The van der Waals surface area contributed by atoms with Crippen molar-refractivity contribution in [3.05, 3.63) is 60.9 Å². The van der Waals surface area contributed by atoms with E-state index in [2.05, 4.69) is 0 Å². The first-order chi connectivity index (χ1) is 11.1. The summed E-state index contributed by atoms with van der Waals surface area (Å²) < 4.78 is 2.66. The van der Waals surface area contributed by atoms with Crippen molar-refractivity contribution in [3.63, 3.8) is 0 Å². The smallest absolute Gasteiger partial charge is 0.354 e. The van der Waals surface area contributed by atoms with Gasteiger partial charge in [-0.05, 0) is 50.5 Å². The van der Waals surface area contributed by atoms with Crippen LogP contribution in [0.5, 0.6) is 0 Å². The molecular weight excluding hydrogens is 324 g/mol. The number of benzene rings is 1. The Morgan fingerprint density at radius 3 is 2.17 bits per heavy atom. The van der Waals surface area contributed by atoms with Crippen LogP contribution in [0, 0.1) is 27.7 Å². The second-order valence-corrected chi connectivity index (χ2v) is 6.54. The summed E-state index contributed by atoms with van der Waals surface area (Å²) >= 11 is 5.09. The number of aromatic nitrogens is 2. The van der Waals surface area contributed by atoms with Crippen LogP contribution in [0.4, 0.5) is 0 Å². The fourth-order valence-corrected chi connectivity index (χ4v) is 3.22. The van der Waals surface area contributed by atoms with Gasteiger partial charge in [-0.1, -0.05) is 12.2 Å². The molecule has 0 atom stereocenters. The second-order valence-electron chi connectivity index (χ2n) is 6.10. The van der Waals surface area contributed by atoms with Crippen molar-refractivity contribution in [1.82, 2.24) is 9.24 Å². The second kappa shape index (κ2) is 6.24. The summed E-state index contributed by atoms with van der Waals surface area (Å²) in [6.07, 6.45) is 0. The van der Waals surface area contributed by atoms with Gasteiger partial charge in [0.25, 0.3) is 5.56 Å². The van der Waals surface area contributed by atoms with Gasteiger partial charge in [-0.25, -0.2) is 14.0 Å². The lowest BCUT2D eigenvalue weighted by atomic mass is 9.97. The van der Waals surface area contributed by atoms with Crippen molar-refractivity contribution in [2.24, 2.45) is 5.73 Å². The highest BCUT2D eigenvalue weighted by molar-refractivity contribution is 7.80. The van der Waals surface area contributed by atoms with E-state index in [1.165, 1.54) is 15.3 Å². The third kappa shape index (κ3) is 2.75. The molecule has 7 heteroatoms. The summed E-state index contributed by atoms with van der Waals surface area (Å²) in [6.45, 7) is 7.32. The van der Waals surface area contributed by atoms with Gasteiger partial charge in [-0.3, -0.25) is 4.79 Å². The normalized spacial score (nSPS) is 10.8. The van der Waals surface area contributed by atoms with E-state index in [9.17, 15) is 9.59 Å². The molecule has 2 rings (SSSR count). The molecule has 0 amide bonds. The SMILES string of the molecule is Cc1cc(C(N)=S)c(C)c(C)c1-n1c(=O)cc(C)n(N(C)C)c1=O. The first-order valence-corrected chi connectivity index (χ1v) is 7.93. The van der Waals surface area contributed by atoms with Gasteiger partial charge in [0.1, 0.15) is 4.99 Å². The molecule has 128 valence electrons. The van der Waals surface area contributed by atoms with Gasteiger partial charge in [-0.2, -0.15) is 0 Å². The Bertz CT molecular complexity index is 955. The zero-order chi connectivity index (χ0) is 18.3. The average molecular weight is 346 g/mol. The first-order valence-electron chi connectivity index (χ1n) is 7.52. The third-order valence-electron chi connectivity index (χ3n) is 4.20. The maximum Gasteiger partial charge on any atom is 0.354 e. The van der Waals surface area contributed by atoms with Crippen LogP contribution in [-0.4, -0.2) is 28.3 Å². The minimum absolute atomic E-state index is 0.298. The Kier molecular flexibility index (Phi) is 4.66. The van der Waals surface area contributed by atoms with E-state index in [1.807, 2.05) is 26.8 Å². The molecule has 2 N–H and O–H groups in total. The van der Waals surface area contributed by atoms with E-state index in [4.69, 9.17) is 18.0 Å². The summed E-state index contributed by atoms with van der Waals surface area (Å²) in [5, 5.41) is 1.65. The van der Waals surface area contributed by atoms with Gasteiger partial charge >= 0.3 is 5.69 Å². The van der Waals surface area contributed by atoms with E-state index in [0.29, 0.717) is 16.4 Å². The molecule has 0 saturated heterocycles. The van der Waals surface area contributed by atoms with Crippen LogP contribution in [0.2, 0.25) is 0 Å². The van der Waals surface area contributed by atoms with Crippen LogP contribution in [0.15, 0.2) is 21.7 Å². The molecule has 0 fully saturated rings. The zero-order valence-corrected chi connectivity index (χ0v) is 15.6. The molecule has 2 aromatic rings. The number of hydrogen-bond acceptors (Lipinski definition) is 4. The van der Waals surface area contributed by atoms with Crippen LogP contribution in [0.1, 0.15) is 27.9 Å². The molecule has 0 aliphatic rings. The van der Waals surface area contributed by atoms with Crippen molar-refractivity contribution in [3.8, 4) is 5.69 Å². The fourth-order valence-electron chi connectivity index (χ4n) is 3.01. The first kappa shape index (κ1) is 17.9. The van der Waals surface area contributed by atoms with Gasteiger partial charge in [-0.15, -0.1) is 0 Å². The molecule has 0 radical (unpaired) electrons. The van der Waals surface area contributed by atoms with E-state index < -0.39 is 5.69 Å². The Morgan fingerprint density at radius 1 is 1.08 bits per heavy atom. The monoisotopic (exact) mass is 346 g/mol. The number of nitrogens with two attached hydrogens (primary N) is 1. The maximum atomic E-state index is 12.9. The number of rotatable bonds is 3. The maximum absolute atomic E-state index is 12.9. The largest absolute Gasteiger partial charge is 0.389 e. The molecule has 0 unspecified atom stereocenters. The molecule has 1 heterocycles. The minimum atomic E-state index is -0.404. The molecule has 0 spiro atoms. The van der Waals surface area contributed by atoms with E-state index in [1.54, 1.807) is 26.0 Å². The van der Waals surface area contributed by atoms with Crippen molar-refractivity contribution < 1.29 is 0 Å². The summed E-state index contributed by atoms with van der Waals surface area (Å²) in [7, 11) is 3.51. The Morgan fingerprint density at radius 2 is 1.67 bits per heavy atom. The van der Waals surface area contributed by atoms with Crippen molar-refractivity contribution in [1.29, 1.82) is 0 Å². The Balaban J connectivity index is 2.96. The topological polar surface area (TPSA) is 73.3 Å². The number of aryl methyl sites for hydroxylation is 2. The van der Waals surface area contributed by atoms with Crippen LogP contribution in [0.25, 0.3) is 5.69 Å². The van der Waals surface area contributed by atoms with Gasteiger partial charge < -0.3 is 10.7 Å². The van der Waals surface area contributed by atoms with Crippen molar-refractivity contribution >= 4 is 17.2 Å². The van der Waals surface area contributed by atoms with Crippen LogP contribution in [-0.2, 0) is 0 Å². The third-order valence-corrected chi connectivity index (χ3v) is 4.42. The number of nitrogens with zero attached hydrogens (tertiary/aromatic N) is 3. The lowest BCUT2D eigenvalue weighted by molar-refractivity contribution is 0.621.